The Morgan fingerprint density at radius 1 is 1.16 bits per heavy atom. The fourth-order valence-corrected chi connectivity index (χ4v) is 8.09. The number of hydrogen-bond donors (Lipinski definition) is 4. The molecule has 2 saturated carbocycles. The first-order chi connectivity index (χ1) is 18.3. The van der Waals surface area contributed by atoms with Crippen LogP contribution in [0.2, 0.25) is 0 Å². The van der Waals surface area contributed by atoms with Gasteiger partial charge in [-0.25, -0.2) is 4.79 Å². The lowest BCUT2D eigenvalue weighted by atomic mass is 9.51. The van der Waals surface area contributed by atoms with Gasteiger partial charge >= 0.3 is 5.97 Å². The van der Waals surface area contributed by atoms with E-state index in [-0.39, 0.29) is 34.8 Å². The average Bonchev–Trinajstić information content (AvgIpc) is 3.64. The summed E-state index contributed by atoms with van der Waals surface area (Å²) in [6.45, 7) is 4.33. The summed E-state index contributed by atoms with van der Waals surface area (Å²) < 4.78 is 6.73. The molecule has 2 heterocycles. The smallest absolute Gasteiger partial charge is 0.335 e. The van der Waals surface area contributed by atoms with E-state index in [9.17, 15) is 19.8 Å². The third-order valence-electron chi connectivity index (χ3n) is 9.83. The Balaban J connectivity index is 1.24. The summed E-state index contributed by atoms with van der Waals surface area (Å²) in [7, 11) is 0. The number of carboxylic acid groups (broad SMARTS) is 1. The van der Waals surface area contributed by atoms with Crippen molar-refractivity contribution in [3.05, 3.63) is 52.6 Å². The number of phenolic OH excluding ortho intramolecular Hbond substituents is 1. The van der Waals surface area contributed by atoms with Crippen molar-refractivity contribution in [2.75, 3.05) is 18.4 Å². The molecule has 8 heteroatoms. The van der Waals surface area contributed by atoms with Crippen LogP contribution in [0.5, 0.6) is 11.5 Å². The van der Waals surface area contributed by atoms with E-state index in [0.717, 1.165) is 67.1 Å². The molecule has 0 aromatic heterocycles. The maximum atomic E-state index is 12.1. The first-order valence-electron chi connectivity index (χ1n) is 14.0. The normalized spacial score (nSPS) is 30.9. The minimum atomic E-state index is -0.923. The van der Waals surface area contributed by atoms with E-state index in [1.54, 1.807) is 18.2 Å². The van der Waals surface area contributed by atoms with Crippen LogP contribution in [0, 0.1) is 11.8 Å². The van der Waals surface area contributed by atoms with E-state index in [1.807, 2.05) is 12.1 Å². The van der Waals surface area contributed by atoms with Gasteiger partial charge in [0.25, 0.3) is 0 Å². The lowest BCUT2D eigenvalue weighted by Crippen LogP contribution is -2.68. The number of ether oxygens (including phenoxy) is 1. The fourth-order valence-electron chi connectivity index (χ4n) is 8.09. The van der Waals surface area contributed by atoms with Crippen LogP contribution in [0.3, 0.4) is 0 Å². The molecule has 8 nitrogen and oxygen atoms in total. The van der Waals surface area contributed by atoms with Crippen molar-refractivity contribution in [2.24, 2.45) is 11.8 Å². The van der Waals surface area contributed by atoms with Gasteiger partial charge in [0.2, 0.25) is 5.91 Å². The lowest BCUT2D eigenvalue weighted by Gasteiger charge is -2.60. The topological polar surface area (TPSA) is 111 Å². The first-order valence-corrected chi connectivity index (χ1v) is 14.0. The standard InChI is InChI=1S/C30H35N3O5/c1-16(34)32-23-13-25(35)27-26-20(23)12-24-21-8-9-22(31-14-17-4-6-19(7-5-17)29(36)37)28(38-27)30(21,26)10-11-33(24)15-18-2-3-18/h4-7,13,18,21-22,24,28,31,35H,2-3,8-12,14-15H2,1H3,(H,32,34)(H,36,37)/t21-,22+,24+,28-,30-/m0/s1. The number of phenols is 1. The molecular weight excluding hydrogens is 482 g/mol. The molecule has 2 aliphatic heterocycles. The van der Waals surface area contributed by atoms with E-state index in [4.69, 9.17) is 4.74 Å². The summed E-state index contributed by atoms with van der Waals surface area (Å²) in [4.78, 5) is 26.1. The molecule has 38 heavy (non-hydrogen) atoms. The third-order valence-corrected chi connectivity index (χ3v) is 9.83. The second kappa shape index (κ2) is 8.71. The monoisotopic (exact) mass is 517 g/mol. The van der Waals surface area contributed by atoms with Crippen molar-refractivity contribution >= 4 is 17.6 Å². The molecule has 2 aromatic carbocycles. The fraction of sp³-hybridized carbons (Fsp3) is 0.533. The Hall–Kier alpha value is -3.10. The zero-order chi connectivity index (χ0) is 26.2. The molecule has 200 valence electrons. The number of likely N-dealkylation sites (tertiary alicyclic amines) is 1. The summed E-state index contributed by atoms with van der Waals surface area (Å²) in [6.07, 6.45) is 6.50. The van der Waals surface area contributed by atoms with Gasteiger partial charge in [0, 0.05) is 54.8 Å². The minimum Gasteiger partial charge on any atom is -0.504 e. The second-order valence-corrected chi connectivity index (χ2v) is 12.0. The molecule has 1 amide bonds. The van der Waals surface area contributed by atoms with Crippen LogP contribution in [0.1, 0.15) is 66.1 Å². The Morgan fingerprint density at radius 3 is 2.66 bits per heavy atom. The van der Waals surface area contributed by atoms with Crippen LogP contribution in [0.4, 0.5) is 5.69 Å². The largest absolute Gasteiger partial charge is 0.504 e. The van der Waals surface area contributed by atoms with Crippen LogP contribution in [-0.2, 0) is 23.2 Å². The number of nitrogens with zero attached hydrogens (tertiary/aromatic N) is 1. The molecule has 4 N–H and O–H groups in total. The van der Waals surface area contributed by atoms with Gasteiger partial charge in [-0.3, -0.25) is 9.69 Å². The number of carboxylic acids is 1. The Bertz CT molecular complexity index is 1310. The number of aromatic carboxylic acids is 1. The zero-order valence-electron chi connectivity index (χ0n) is 21.7. The van der Waals surface area contributed by atoms with Crippen LogP contribution in [0.25, 0.3) is 0 Å². The minimum absolute atomic E-state index is 0.0994. The Labute approximate surface area is 222 Å². The van der Waals surface area contributed by atoms with Gasteiger partial charge in [0.1, 0.15) is 6.10 Å². The number of benzene rings is 2. The van der Waals surface area contributed by atoms with Gasteiger partial charge in [0.05, 0.1) is 5.56 Å². The zero-order valence-corrected chi connectivity index (χ0v) is 21.7. The third kappa shape index (κ3) is 3.64. The molecule has 3 aliphatic carbocycles. The summed E-state index contributed by atoms with van der Waals surface area (Å²) in [6, 6.07) is 9.20. The van der Waals surface area contributed by atoms with Gasteiger partial charge in [-0.15, -0.1) is 0 Å². The highest BCUT2D eigenvalue weighted by molar-refractivity contribution is 5.91. The maximum Gasteiger partial charge on any atom is 0.335 e. The van der Waals surface area contributed by atoms with Crippen LogP contribution in [0.15, 0.2) is 30.3 Å². The second-order valence-electron chi connectivity index (χ2n) is 12.0. The average molecular weight is 518 g/mol. The Morgan fingerprint density at radius 2 is 1.95 bits per heavy atom. The van der Waals surface area contributed by atoms with Crippen LogP contribution in [-0.4, -0.2) is 58.3 Å². The van der Waals surface area contributed by atoms with Crippen LogP contribution < -0.4 is 15.4 Å². The van der Waals surface area contributed by atoms with E-state index >= 15 is 0 Å². The number of anilines is 1. The molecule has 1 spiro atoms. The maximum absolute atomic E-state index is 12.1. The highest BCUT2D eigenvalue weighted by atomic mass is 16.5. The first kappa shape index (κ1) is 24.0. The van der Waals surface area contributed by atoms with Crippen molar-refractivity contribution in [1.29, 1.82) is 0 Å². The van der Waals surface area contributed by atoms with Gasteiger partial charge in [-0.2, -0.15) is 0 Å². The summed E-state index contributed by atoms with van der Waals surface area (Å²) in [5, 5.41) is 27.1. The number of rotatable bonds is 7. The van der Waals surface area contributed by atoms with Gasteiger partial charge in [-0.1, -0.05) is 12.1 Å². The van der Waals surface area contributed by atoms with Crippen LogP contribution >= 0.6 is 0 Å². The molecule has 0 radical (unpaired) electrons. The number of carbonyl (C=O) groups excluding carboxylic acids is 1. The molecule has 2 bridgehead atoms. The number of nitrogens with one attached hydrogen (secondary N) is 2. The van der Waals surface area contributed by atoms with Gasteiger partial charge < -0.3 is 25.6 Å². The SMILES string of the molecule is CC(=O)Nc1cc(O)c2c3c1C[C@@H]1[C@@H]4CC[C@@H](NCc5ccc(C(=O)O)cc5)[C@H](O2)[C@]34CCN1CC1CC1. The highest BCUT2D eigenvalue weighted by Gasteiger charge is 2.66. The van der Waals surface area contributed by atoms with E-state index in [0.29, 0.717) is 24.3 Å². The number of carbonyl (C=O) groups is 2. The summed E-state index contributed by atoms with van der Waals surface area (Å²) in [5.41, 5.74) is 4.12. The predicted octanol–water partition coefficient (Wildman–Crippen LogP) is 3.66. The number of piperidine rings is 1. The number of hydrogen-bond acceptors (Lipinski definition) is 6. The van der Waals surface area contributed by atoms with Crippen molar-refractivity contribution < 1.29 is 24.5 Å². The molecule has 0 unspecified atom stereocenters. The summed E-state index contributed by atoms with van der Waals surface area (Å²) >= 11 is 0. The van der Waals surface area contributed by atoms with Crippen molar-refractivity contribution in [2.45, 2.75) is 75.6 Å². The Kier molecular flexibility index (Phi) is 5.50. The quantitative estimate of drug-likeness (QED) is 0.444. The van der Waals surface area contributed by atoms with E-state index in [2.05, 4.69) is 15.5 Å². The van der Waals surface area contributed by atoms with Crippen molar-refractivity contribution in [3.63, 3.8) is 0 Å². The highest BCUT2D eigenvalue weighted by Crippen LogP contribution is 2.65. The molecule has 5 aliphatic rings. The van der Waals surface area contributed by atoms with Crippen molar-refractivity contribution in [3.8, 4) is 11.5 Å². The van der Waals surface area contributed by atoms with Crippen molar-refractivity contribution in [1.82, 2.24) is 10.2 Å². The molecule has 5 atom stereocenters. The number of amides is 1. The van der Waals surface area contributed by atoms with Gasteiger partial charge in [0.15, 0.2) is 11.5 Å². The molecule has 7 rings (SSSR count). The number of aromatic hydroxyl groups is 1. The lowest BCUT2D eigenvalue weighted by molar-refractivity contribution is -0.114. The molecule has 2 aromatic rings. The molecular formula is C30H35N3O5. The van der Waals surface area contributed by atoms with Gasteiger partial charge in [-0.05, 0) is 80.2 Å². The van der Waals surface area contributed by atoms with E-state index < -0.39 is 5.97 Å². The molecule has 1 saturated heterocycles. The summed E-state index contributed by atoms with van der Waals surface area (Å²) in [5.74, 6) is 0.931. The predicted molar refractivity (Wildman–Crippen MR) is 142 cm³/mol. The molecule has 3 fully saturated rings. The van der Waals surface area contributed by atoms with E-state index in [1.165, 1.54) is 19.8 Å².